The molecule has 3 rings (SSSR count). The molecule has 23 heavy (non-hydrogen) atoms. The van der Waals surface area contributed by atoms with Crippen LogP contribution in [0.1, 0.15) is 0 Å². The first-order valence-electron chi connectivity index (χ1n) is 7.01. The van der Waals surface area contributed by atoms with Gasteiger partial charge in [-0.15, -0.1) is 0 Å². The summed E-state index contributed by atoms with van der Waals surface area (Å²) in [6.07, 6.45) is 0. The van der Waals surface area contributed by atoms with Crippen LogP contribution in [-0.2, 0) is 7.05 Å². The third-order valence-corrected chi connectivity index (χ3v) is 3.54. The third-order valence-electron chi connectivity index (χ3n) is 3.54. The fourth-order valence-electron chi connectivity index (χ4n) is 2.29. The van der Waals surface area contributed by atoms with Gasteiger partial charge in [-0.1, -0.05) is 47.2 Å². The molecule has 3 aromatic rings. The largest absolute Gasteiger partial charge is 0.421 e. The average molecular weight is 309 g/mol. The minimum atomic E-state index is -0.806. The second-order valence-electron chi connectivity index (χ2n) is 5.09. The van der Waals surface area contributed by atoms with Gasteiger partial charge in [-0.25, -0.2) is 4.79 Å². The Morgan fingerprint density at radius 3 is 2.35 bits per heavy atom. The Hall–Kier alpha value is -3.28. The van der Waals surface area contributed by atoms with E-state index in [2.05, 4.69) is 5.32 Å². The molecular formula is C17H15N3O3. The van der Waals surface area contributed by atoms with Gasteiger partial charge in [0.1, 0.15) is 5.82 Å². The molecule has 2 aromatic carbocycles. The van der Waals surface area contributed by atoms with Gasteiger partial charge in [0, 0.05) is 18.8 Å². The fourth-order valence-corrected chi connectivity index (χ4v) is 2.29. The van der Waals surface area contributed by atoms with Crippen LogP contribution in [0.4, 0.5) is 11.5 Å². The molecule has 0 aliphatic rings. The van der Waals surface area contributed by atoms with E-state index in [1.807, 2.05) is 54.6 Å². The zero-order valence-electron chi connectivity index (χ0n) is 12.4. The number of anilines is 2. The number of hydrogen-bond acceptors (Lipinski definition) is 4. The maximum atomic E-state index is 11.7. The SMILES string of the molecule is Cn1c(Nc2cccc(-c3ccccc3)c2)cc(=O)n(O)c1=O. The highest BCUT2D eigenvalue weighted by atomic mass is 16.5. The summed E-state index contributed by atoms with van der Waals surface area (Å²) in [4.78, 5) is 23.3. The first-order valence-corrected chi connectivity index (χ1v) is 7.01. The van der Waals surface area contributed by atoms with Crippen molar-refractivity contribution in [3.63, 3.8) is 0 Å². The first-order chi connectivity index (χ1) is 11.1. The third kappa shape index (κ3) is 2.87. The lowest BCUT2D eigenvalue weighted by atomic mass is 10.1. The Kier molecular flexibility index (Phi) is 3.72. The molecule has 1 heterocycles. The summed E-state index contributed by atoms with van der Waals surface area (Å²) < 4.78 is 1.24. The molecule has 0 atom stereocenters. The molecular weight excluding hydrogens is 294 g/mol. The highest BCUT2D eigenvalue weighted by molar-refractivity contribution is 5.70. The highest BCUT2D eigenvalue weighted by Gasteiger charge is 2.08. The van der Waals surface area contributed by atoms with Crippen LogP contribution in [0.3, 0.4) is 0 Å². The van der Waals surface area contributed by atoms with Gasteiger partial charge >= 0.3 is 5.69 Å². The molecule has 0 bridgehead atoms. The van der Waals surface area contributed by atoms with E-state index in [-0.39, 0.29) is 4.73 Å². The molecule has 0 aliphatic heterocycles. The van der Waals surface area contributed by atoms with E-state index in [1.54, 1.807) is 0 Å². The second kappa shape index (κ2) is 5.84. The van der Waals surface area contributed by atoms with Gasteiger partial charge < -0.3 is 10.5 Å². The van der Waals surface area contributed by atoms with Crippen molar-refractivity contribution in [2.24, 2.45) is 7.05 Å². The van der Waals surface area contributed by atoms with Crippen LogP contribution in [0.2, 0.25) is 0 Å². The maximum absolute atomic E-state index is 11.7. The summed E-state index contributed by atoms with van der Waals surface area (Å²) in [7, 11) is 1.47. The zero-order valence-corrected chi connectivity index (χ0v) is 12.4. The van der Waals surface area contributed by atoms with E-state index in [9.17, 15) is 14.8 Å². The van der Waals surface area contributed by atoms with Gasteiger partial charge in [-0.05, 0) is 23.3 Å². The van der Waals surface area contributed by atoms with Gasteiger partial charge in [-0.2, -0.15) is 0 Å². The van der Waals surface area contributed by atoms with Crippen molar-refractivity contribution in [2.75, 3.05) is 5.32 Å². The van der Waals surface area contributed by atoms with Gasteiger partial charge in [0.2, 0.25) is 0 Å². The lowest BCUT2D eigenvalue weighted by Crippen LogP contribution is -2.37. The van der Waals surface area contributed by atoms with Crippen molar-refractivity contribution in [3.8, 4) is 11.1 Å². The number of hydrogen-bond donors (Lipinski definition) is 2. The molecule has 0 spiro atoms. The molecule has 6 heteroatoms. The Morgan fingerprint density at radius 1 is 0.913 bits per heavy atom. The van der Waals surface area contributed by atoms with Crippen molar-refractivity contribution >= 4 is 11.5 Å². The van der Waals surface area contributed by atoms with Crippen LogP contribution in [0.5, 0.6) is 0 Å². The van der Waals surface area contributed by atoms with Crippen molar-refractivity contribution in [3.05, 3.63) is 81.5 Å². The molecule has 0 radical (unpaired) electrons. The van der Waals surface area contributed by atoms with Crippen LogP contribution < -0.4 is 16.6 Å². The van der Waals surface area contributed by atoms with Crippen LogP contribution in [0.25, 0.3) is 11.1 Å². The summed E-state index contributed by atoms with van der Waals surface area (Å²) in [5, 5.41) is 12.3. The lowest BCUT2D eigenvalue weighted by molar-refractivity contribution is 0.156. The molecule has 6 nitrogen and oxygen atoms in total. The van der Waals surface area contributed by atoms with Crippen LogP contribution >= 0.6 is 0 Å². The molecule has 1 aromatic heterocycles. The van der Waals surface area contributed by atoms with Crippen molar-refractivity contribution < 1.29 is 5.21 Å². The highest BCUT2D eigenvalue weighted by Crippen LogP contribution is 2.23. The smallest absolute Gasteiger partial charge is 0.365 e. The minimum absolute atomic E-state index is 0.0750. The molecule has 116 valence electrons. The van der Waals surface area contributed by atoms with Gasteiger partial charge in [-0.3, -0.25) is 9.36 Å². The topological polar surface area (TPSA) is 76.3 Å². The van der Waals surface area contributed by atoms with Crippen LogP contribution in [-0.4, -0.2) is 14.5 Å². The fraction of sp³-hybridized carbons (Fsp3) is 0.0588. The summed E-state index contributed by atoms with van der Waals surface area (Å²) in [6, 6.07) is 18.7. The summed E-state index contributed by atoms with van der Waals surface area (Å²) in [5.74, 6) is 0.301. The summed E-state index contributed by atoms with van der Waals surface area (Å²) >= 11 is 0. The van der Waals surface area contributed by atoms with E-state index in [0.29, 0.717) is 5.82 Å². The van der Waals surface area contributed by atoms with Gasteiger partial charge in [0.15, 0.2) is 0 Å². The van der Waals surface area contributed by atoms with Crippen molar-refractivity contribution in [1.82, 2.24) is 9.30 Å². The second-order valence-corrected chi connectivity index (χ2v) is 5.09. The average Bonchev–Trinajstić information content (AvgIpc) is 2.59. The Labute approximate surface area is 131 Å². The number of aromatic nitrogens is 2. The molecule has 0 unspecified atom stereocenters. The molecule has 2 N–H and O–H groups in total. The quantitative estimate of drug-likeness (QED) is 0.727. The Balaban J connectivity index is 1.99. The number of nitrogens with zero attached hydrogens (tertiary/aromatic N) is 2. The van der Waals surface area contributed by atoms with Crippen LogP contribution in [0.15, 0.2) is 70.3 Å². The lowest BCUT2D eigenvalue weighted by Gasteiger charge is -2.12. The minimum Gasteiger partial charge on any atom is -0.421 e. The van der Waals surface area contributed by atoms with E-state index < -0.39 is 11.2 Å². The zero-order chi connectivity index (χ0) is 16.4. The predicted octanol–water partition coefficient (Wildman–Crippen LogP) is 2.19. The van der Waals surface area contributed by atoms with Crippen LogP contribution in [0, 0.1) is 0 Å². The summed E-state index contributed by atoms with van der Waals surface area (Å²) in [5.41, 5.74) is 1.22. The maximum Gasteiger partial charge on any atom is 0.365 e. The normalized spacial score (nSPS) is 10.5. The molecule has 0 fully saturated rings. The number of nitrogens with one attached hydrogen (secondary N) is 1. The molecule has 0 saturated carbocycles. The standard InChI is InChI=1S/C17H15N3O3/c1-19-15(11-16(21)20(23)17(19)22)18-14-9-5-8-13(10-14)12-6-3-2-4-7-12/h2-11,18,23H,1H3. The number of rotatable bonds is 3. The van der Waals surface area contributed by atoms with E-state index in [0.717, 1.165) is 27.4 Å². The van der Waals surface area contributed by atoms with Gasteiger partial charge in [0.05, 0.1) is 0 Å². The van der Waals surface area contributed by atoms with Crippen molar-refractivity contribution in [1.29, 1.82) is 0 Å². The van der Waals surface area contributed by atoms with E-state index >= 15 is 0 Å². The van der Waals surface area contributed by atoms with E-state index in [1.165, 1.54) is 7.05 Å². The first kappa shape index (κ1) is 14.6. The van der Waals surface area contributed by atoms with E-state index in [4.69, 9.17) is 0 Å². The predicted molar refractivity (Wildman–Crippen MR) is 88.3 cm³/mol. The van der Waals surface area contributed by atoms with Crippen molar-refractivity contribution in [2.45, 2.75) is 0 Å². The monoisotopic (exact) mass is 309 g/mol. The Morgan fingerprint density at radius 2 is 1.61 bits per heavy atom. The molecule has 0 amide bonds. The molecule has 0 aliphatic carbocycles. The Bertz CT molecular complexity index is 959. The number of benzene rings is 2. The van der Waals surface area contributed by atoms with Gasteiger partial charge in [0.25, 0.3) is 5.56 Å². The summed E-state index contributed by atoms with van der Waals surface area (Å²) in [6.45, 7) is 0. The molecule has 0 saturated heterocycles.